The molecule has 10 nitrogen and oxygen atoms in total. The van der Waals surface area contributed by atoms with Crippen molar-refractivity contribution in [2.75, 3.05) is 43.3 Å². The molecule has 1 saturated heterocycles. The number of hydrogen-bond donors (Lipinski definition) is 2. The van der Waals surface area contributed by atoms with Crippen molar-refractivity contribution in [2.24, 2.45) is 0 Å². The lowest BCUT2D eigenvalue weighted by molar-refractivity contribution is 0.0671. The zero-order valence-electron chi connectivity index (χ0n) is 24.5. The van der Waals surface area contributed by atoms with Crippen molar-refractivity contribution in [3.8, 4) is 5.75 Å². The van der Waals surface area contributed by atoms with E-state index in [-0.39, 0.29) is 16.8 Å². The van der Waals surface area contributed by atoms with E-state index in [0.717, 1.165) is 23.8 Å². The van der Waals surface area contributed by atoms with Gasteiger partial charge in [0.05, 0.1) is 12.6 Å². The standard InChI is InChI=1S/C33H35N5O5S/c1-43-29-15-13-27(14-16-29)35-33(40)38-19-17-37(18-20-38)32(39)24-9-11-28(12-10-24)36-44(41,42)30-8-4-7-25-21-26(22-34-31(25)30)23-5-2-3-6-23/h4,7-16,21-23,36H,2-3,5-6,17-20H2,1H3,(H,35,40). The van der Waals surface area contributed by atoms with Gasteiger partial charge in [0.15, 0.2) is 0 Å². The molecule has 0 spiro atoms. The minimum Gasteiger partial charge on any atom is -0.497 e. The molecule has 228 valence electrons. The van der Waals surface area contributed by atoms with Gasteiger partial charge in [-0.15, -0.1) is 0 Å². The van der Waals surface area contributed by atoms with E-state index in [1.807, 2.05) is 12.3 Å². The van der Waals surface area contributed by atoms with E-state index in [1.54, 1.807) is 77.6 Å². The molecule has 2 aliphatic rings. The van der Waals surface area contributed by atoms with Gasteiger partial charge in [-0.1, -0.05) is 25.0 Å². The highest BCUT2D eigenvalue weighted by Crippen LogP contribution is 2.35. The minimum absolute atomic E-state index is 0.113. The van der Waals surface area contributed by atoms with Crippen LogP contribution in [0.4, 0.5) is 16.2 Å². The molecule has 0 bridgehead atoms. The van der Waals surface area contributed by atoms with Crippen LogP contribution in [0.2, 0.25) is 0 Å². The van der Waals surface area contributed by atoms with Crippen molar-refractivity contribution in [3.63, 3.8) is 0 Å². The normalized spacial score (nSPS) is 15.8. The summed E-state index contributed by atoms with van der Waals surface area (Å²) < 4.78 is 34.5. The van der Waals surface area contributed by atoms with Crippen molar-refractivity contribution in [2.45, 2.75) is 36.5 Å². The smallest absolute Gasteiger partial charge is 0.321 e. The summed E-state index contributed by atoms with van der Waals surface area (Å²) in [6, 6.07) is 20.5. The quantitative estimate of drug-likeness (QED) is 0.276. The number of para-hydroxylation sites is 1. The van der Waals surface area contributed by atoms with Crippen molar-refractivity contribution in [1.82, 2.24) is 14.8 Å². The monoisotopic (exact) mass is 613 g/mol. The van der Waals surface area contributed by atoms with Gasteiger partial charge < -0.3 is 19.9 Å². The SMILES string of the molecule is COc1ccc(NC(=O)N2CCN(C(=O)c3ccc(NS(=O)(=O)c4cccc5cc(C6CCCC6)cnc45)cc3)CC2)cc1. The van der Waals surface area contributed by atoms with Crippen molar-refractivity contribution in [3.05, 3.63) is 90.1 Å². The van der Waals surface area contributed by atoms with Gasteiger partial charge >= 0.3 is 6.03 Å². The van der Waals surface area contributed by atoms with E-state index in [4.69, 9.17) is 4.74 Å². The molecule has 0 radical (unpaired) electrons. The number of benzene rings is 3. The second kappa shape index (κ2) is 12.5. The molecule has 3 amide bonds. The molecule has 2 fully saturated rings. The first kappa shape index (κ1) is 29.4. The van der Waals surface area contributed by atoms with Crippen LogP contribution in [0.1, 0.15) is 47.5 Å². The molecule has 2 N–H and O–H groups in total. The van der Waals surface area contributed by atoms with Crippen LogP contribution in [-0.4, -0.2) is 68.4 Å². The van der Waals surface area contributed by atoms with Crippen LogP contribution < -0.4 is 14.8 Å². The molecular formula is C33H35N5O5S. The van der Waals surface area contributed by atoms with E-state index in [0.29, 0.717) is 60.3 Å². The zero-order valence-corrected chi connectivity index (χ0v) is 25.3. The van der Waals surface area contributed by atoms with E-state index in [2.05, 4.69) is 21.1 Å². The number of amides is 3. The Morgan fingerprint density at radius 1 is 0.864 bits per heavy atom. The largest absolute Gasteiger partial charge is 0.497 e. The number of anilines is 2. The fourth-order valence-corrected chi connectivity index (χ4v) is 7.15. The molecule has 4 aromatic rings. The van der Waals surface area contributed by atoms with Crippen LogP contribution in [0.25, 0.3) is 10.9 Å². The van der Waals surface area contributed by atoms with E-state index < -0.39 is 10.0 Å². The summed E-state index contributed by atoms with van der Waals surface area (Å²) in [6.07, 6.45) is 6.53. The van der Waals surface area contributed by atoms with Gasteiger partial charge in [-0.05, 0) is 85.0 Å². The maximum atomic E-state index is 13.4. The Kier molecular flexibility index (Phi) is 8.38. The van der Waals surface area contributed by atoms with Crippen LogP contribution in [-0.2, 0) is 10.0 Å². The van der Waals surface area contributed by atoms with Gasteiger partial charge in [0, 0.05) is 54.7 Å². The van der Waals surface area contributed by atoms with Gasteiger partial charge in [-0.2, -0.15) is 0 Å². The van der Waals surface area contributed by atoms with Crippen LogP contribution in [0.5, 0.6) is 5.75 Å². The maximum Gasteiger partial charge on any atom is 0.321 e. The topological polar surface area (TPSA) is 121 Å². The summed E-state index contributed by atoms with van der Waals surface area (Å²) in [4.78, 5) is 33.9. The lowest BCUT2D eigenvalue weighted by Crippen LogP contribution is -2.51. The number of piperazine rings is 1. The number of fused-ring (bicyclic) bond motifs is 1. The number of nitrogens with one attached hydrogen (secondary N) is 2. The fourth-order valence-electron chi connectivity index (χ4n) is 5.91. The van der Waals surface area contributed by atoms with Crippen molar-refractivity contribution in [1.29, 1.82) is 0 Å². The highest BCUT2D eigenvalue weighted by molar-refractivity contribution is 7.93. The summed E-state index contributed by atoms with van der Waals surface area (Å²) in [5.74, 6) is 1.02. The number of ether oxygens (including phenoxy) is 1. The Hall–Kier alpha value is -4.64. The molecular weight excluding hydrogens is 578 g/mol. The average Bonchev–Trinajstić information content (AvgIpc) is 3.60. The molecule has 44 heavy (non-hydrogen) atoms. The Morgan fingerprint density at radius 3 is 2.20 bits per heavy atom. The summed E-state index contributed by atoms with van der Waals surface area (Å²) in [7, 11) is -2.34. The number of methoxy groups -OCH3 is 1. The van der Waals surface area contributed by atoms with Gasteiger partial charge in [0.25, 0.3) is 15.9 Å². The summed E-state index contributed by atoms with van der Waals surface area (Å²) in [6.45, 7) is 1.57. The van der Waals surface area contributed by atoms with E-state index in [1.165, 1.54) is 12.8 Å². The van der Waals surface area contributed by atoms with E-state index >= 15 is 0 Å². The molecule has 1 aliphatic carbocycles. The first-order valence-corrected chi connectivity index (χ1v) is 16.3. The second-order valence-corrected chi connectivity index (χ2v) is 12.8. The Bertz CT molecular complexity index is 1760. The number of urea groups is 1. The zero-order chi connectivity index (χ0) is 30.7. The predicted octanol–water partition coefficient (Wildman–Crippen LogP) is 5.69. The van der Waals surface area contributed by atoms with E-state index in [9.17, 15) is 18.0 Å². The van der Waals surface area contributed by atoms with Crippen LogP contribution >= 0.6 is 0 Å². The molecule has 3 aromatic carbocycles. The van der Waals surface area contributed by atoms with Gasteiger partial charge in [-0.3, -0.25) is 14.5 Å². The number of carbonyl (C=O) groups is 2. The highest BCUT2D eigenvalue weighted by atomic mass is 32.2. The van der Waals surface area contributed by atoms with Crippen molar-refractivity contribution < 1.29 is 22.7 Å². The summed E-state index contributed by atoms with van der Waals surface area (Å²) >= 11 is 0. The fraction of sp³-hybridized carbons (Fsp3) is 0.303. The molecule has 1 aromatic heterocycles. The first-order chi connectivity index (χ1) is 21.3. The first-order valence-electron chi connectivity index (χ1n) is 14.8. The minimum atomic E-state index is -3.92. The Morgan fingerprint density at radius 2 is 1.52 bits per heavy atom. The molecule has 0 atom stereocenters. The molecule has 0 unspecified atom stereocenters. The lowest BCUT2D eigenvalue weighted by atomic mass is 9.98. The number of hydrogen-bond acceptors (Lipinski definition) is 6. The number of carbonyl (C=O) groups excluding carboxylic acids is 2. The third-order valence-electron chi connectivity index (χ3n) is 8.39. The molecule has 6 rings (SSSR count). The van der Waals surface area contributed by atoms with Gasteiger partial charge in [-0.25, -0.2) is 13.2 Å². The Labute approximate surface area is 257 Å². The van der Waals surface area contributed by atoms with Crippen LogP contribution in [0.3, 0.4) is 0 Å². The second-order valence-electron chi connectivity index (χ2n) is 11.2. The summed E-state index contributed by atoms with van der Waals surface area (Å²) in [5.41, 5.74) is 3.05. The van der Waals surface area contributed by atoms with Gasteiger partial charge in [0.2, 0.25) is 0 Å². The number of nitrogens with zero attached hydrogens (tertiary/aromatic N) is 3. The predicted molar refractivity (Wildman–Crippen MR) is 170 cm³/mol. The molecule has 11 heteroatoms. The van der Waals surface area contributed by atoms with Crippen molar-refractivity contribution >= 4 is 44.2 Å². The lowest BCUT2D eigenvalue weighted by Gasteiger charge is -2.34. The number of sulfonamides is 1. The molecule has 1 saturated carbocycles. The van der Waals surface area contributed by atoms with Crippen LogP contribution in [0, 0.1) is 0 Å². The summed E-state index contributed by atoms with van der Waals surface area (Å²) in [5, 5.41) is 3.67. The molecule has 2 heterocycles. The number of pyridine rings is 1. The number of rotatable bonds is 7. The third-order valence-corrected chi connectivity index (χ3v) is 9.80. The average molecular weight is 614 g/mol. The Balaban J connectivity index is 1.06. The van der Waals surface area contributed by atoms with Crippen LogP contribution in [0.15, 0.2) is 83.9 Å². The molecule has 1 aliphatic heterocycles. The number of aromatic nitrogens is 1. The maximum absolute atomic E-state index is 13.4. The highest BCUT2D eigenvalue weighted by Gasteiger charge is 2.26. The van der Waals surface area contributed by atoms with Gasteiger partial charge in [0.1, 0.15) is 10.6 Å². The third kappa shape index (κ3) is 6.33.